The minimum Gasteiger partial charge on any atom is -0.504 e. The Labute approximate surface area is 82.7 Å². The molecule has 0 amide bonds. The monoisotopic (exact) mass is 210 g/mol. The van der Waals surface area contributed by atoms with Gasteiger partial charge in [0, 0.05) is 16.2 Å². The first-order valence-corrected chi connectivity index (χ1v) is 4.64. The van der Waals surface area contributed by atoms with Crippen LogP contribution in [0.3, 0.4) is 0 Å². The van der Waals surface area contributed by atoms with Crippen LogP contribution < -0.4 is 0 Å². The first-order chi connectivity index (χ1) is 6.61. The quantitative estimate of drug-likeness (QED) is 0.629. The number of carboxylic acids is 1. The highest BCUT2D eigenvalue weighted by molar-refractivity contribution is 7.17. The maximum atomic E-state index is 10.8. The van der Waals surface area contributed by atoms with Crippen molar-refractivity contribution in [2.24, 2.45) is 0 Å². The predicted molar refractivity (Wildman–Crippen MR) is 52.1 cm³/mol. The van der Waals surface area contributed by atoms with Crippen molar-refractivity contribution >= 4 is 27.4 Å². The molecule has 1 aromatic heterocycles. The van der Waals surface area contributed by atoms with Gasteiger partial charge in [-0.15, -0.1) is 11.3 Å². The molecule has 0 aliphatic heterocycles. The SMILES string of the molecule is O=C(O)c1c(O)c(O)cc2sccc12. The summed E-state index contributed by atoms with van der Waals surface area (Å²) >= 11 is 1.31. The van der Waals surface area contributed by atoms with Crippen molar-refractivity contribution in [2.45, 2.75) is 0 Å². The van der Waals surface area contributed by atoms with Gasteiger partial charge in [0.1, 0.15) is 5.56 Å². The van der Waals surface area contributed by atoms with Crippen LogP contribution in [0.4, 0.5) is 0 Å². The number of phenols is 2. The van der Waals surface area contributed by atoms with Gasteiger partial charge in [0.25, 0.3) is 0 Å². The Balaban J connectivity index is 2.93. The molecular formula is C9H6O4S. The summed E-state index contributed by atoms with van der Waals surface area (Å²) in [5.41, 5.74) is -0.249. The molecule has 2 rings (SSSR count). The smallest absolute Gasteiger partial charge is 0.340 e. The summed E-state index contributed by atoms with van der Waals surface area (Å²) in [6, 6.07) is 2.95. The molecule has 0 atom stereocenters. The summed E-state index contributed by atoms with van der Waals surface area (Å²) < 4.78 is 0.637. The van der Waals surface area contributed by atoms with E-state index in [4.69, 9.17) is 5.11 Å². The number of aromatic hydroxyl groups is 2. The zero-order valence-corrected chi connectivity index (χ0v) is 7.71. The highest BCUT2D eigenvalue weighted by Crippen LogP contribution is 2.37. The van der Waals surface area contributed by atoms with E-state index in [-0.39, 0.29) is 5.56 Å². The van der Waals surface area contributed by atoms with Crippen molar-refractivity contribution in [2.75, 3.05) is 0 Å². The van der Waals surface area contributed by atoms with Gasteiger partial charge < -0.3 is 15.3 Å². The number of fused-ring (bicyclic) bond motifs is 1. The maximum absolute atomic E-state index is 10.8. The van der Waals surface area contributed by atoms with Crippen molar-refractivity contribution in [3.8, 4) is 11.5 Å². The molecule has 5 heteroatoms. The van der Waals surface area contributed by atoms with Crippen LogP contribution in [0.1, 0.15) is 10.4 Å². The first kappa shape index (κ1) is 8.83. The van der Waals surface area contributed by atoms with Gasteiger partial charge in [0.15, 0.2) is 11.5 Å². The molecular weight excluding hydrogens is 204 g/mol. The summed E-state index contributed by atoms with van der Waals surface area (Å²) in [5.74, 6) is -2.23. The number of carboxylic acid groups (broad SMARTS) is 1. The molecule has 0 aliphatic rings. The number of hydrogen-bond donors (Lipinski definition) is 3. The Morgan fingerprint density at radius 3 is 2.71 bits per heavy atom. The Hall–Kier alpha value is -1.75. The molecule has 1 aromatic carbocycles. The molecule has 0 saturated heterocycles. The lowest BCUT2D eigenvalue weighted by atomic mass is 10.1. The average molecular weight is 210 g/mol. The van der Waals surface area contributed by atoms with Gasteiger partial charge in [-0.1, -0.05) is 0 Å². The van der Waals surface area contributed by atoms with E-state index in [1.54, 1.807) is 11.4 Å². The van der Waals surface area contributed by atoms with Crippen LogP contribution >= 0.6 is 11.3 Å². The van der Waals surface area contributed by atoms with Crippen LogP contribution in [-0.2, 0) is 0 Å². The van der Waals surface area contributed by atoms with Gasteiger partial charge in [0.2, 0.25) is 0 Å². The molecule has 0 aliphatic carbocycles. The largest absolute Gasteiger partial charge is 0.504 e. The molecule has 14 heavy (non-hydrogen) atoms. The van der Waals surface area contributed by atoms with E-state index in [9.17, 15) is 15.0 Å². The van der Waals surface area contributed by atoms with E-state index in [1.165, 1.54) is 17.4 Å². The third kappa shape index (κ3) is 1.10. The molecule has 1 heterocycles. The van der Waals surface area contributed by atoms with E-state index < -0.39 is 17.5 Å². The van der Waals surface area contributed by atoms with Crippen LogP contribution in [0.15, 0.2) is 17.5 Å². The number of rotatable bonds is 1. The highest BCUT2D eigenvalue weighted by Gasteiger charge is 2.18. The summed E-state index contributed by atoms with van der Waals surface area (Å²) in [5, 5.41) is 29.6. The molecule has 0 spiro atoms. The van der Waals surface area contributed by atoms with Crippen molar-refractivity contribution in [3.63, 3.8) is 0 Å². The molecule has 4 nitrogen and oxygen atoms in total. The summed E-state index contributed by atoms with van der Waals surface area (Å²) in [6.45, 7) is 0. The molecule has 0 saturated carbocycles. The maximum Gasteiger partial charge on any atom is 0.340 e. The molecule has 0 fully saturated rings. The number of carbonyl (C=O) groups is 1. The van der Waals surface area contributed by atoms with E-state index >= 15 is 0 Å². The number of phenolic OH excluding ortho intramolecular Hbond substituents is 1. The second kappa shape index (κ2) is 2.88. The Morgan fingerprint density at radius 2 is 2.07 bits per heavy atom. The van der Waals surface area contributed by atoms with E-state index in [2.05, 4.69) is 0 Å². The van der Waals surface area contributed by atoms with Gasteiger partial charge in [0.05, 0.1) is 0 Å². The Bertz CT molecular complexity index is 515. The van der Waals surface area contributed by atoms with Crippen LogP contribution in [0.5, 0.6) is 11.5 Å². The first-order valence-electron chi connectivity index (χ1n) is 3.76. The number of hydrogen-bond acceptors (Lipinski definition) is 4. The predicted octanol–water partition coefficient (Wildman–Crippen LogP) is 2.01. The third-order valence-corrected chi connectivity index (χ3v) is 2.79. The fourth-order valence-corrected chi connectivity index (χ4v) is 2.13. The molecule has 0 radical (unpaired) electrons. The van der Waals surface area contributed by atoms with Gasteiger partial charge in [-0.05, 0) is 11.4 Å². The summed E-state index contributed by atoms with van der Waals surface area (Å²) in [4.78, 5) is 10.8. The minimum absolute atomic E-state index is 0.249. The molecule has 0 bridgehead atoms. The van der Waals surface area contributed by atoms with Crippen LogP contribution in [0.2, 0.25) is 0 Å². The normalized spacial score (nSPS) is 10.6. The van der Waals surface area contributed by atoms with Gasteiger partial charge in [-0.3, -0.25) is 0 Å². The van der Waals surface area contributed by atoms with Crippen molar-refractivity contribution < 1.29 is 20.1 Å². The van der Waals surface area contributed by atoms with Crippen molar-refractivity contribution in [3.05, 3.63) is 23.1 Å². The van der Waals surface area contributed by atoms with Gasteiger partial charge in [-0.25, -0.2) is 4.79 Å². The van der Waals surface area contributed by atoms with Gasteiger partial charge >= 0.3 is 5.97 Å². The Kier molecular flexibility index (Phi) is 1.82. The van der Waals surface area contributed by atoms with Crippen molar-refractivity contribution in [1.82, 2.24) is 0 Å². The van der Waals surface area contributed by atoms with Crippen LogP contribution in [0, 0.1) is 0 Å². The molecule has 72 valence electrons. The van der Waals surface area contributed by atoms with E-state index in [1.807, 2.05) is 0 Å². The summed E-state index contributed by atoms with van der Waals surface area (Å²) in [7, 11) is 0. The Morgan fingerprint density at radius 1 is 1.36 bits per heavy atom. The van der Waals surface area contributed by atoms with Crippen LogP contribution in [0.25, 0.3) is 10.1 Å². The van der Waals surface area contributed by atoms with E-state index in [0.29, 0.717) is 10.1 Å². The third-order valence-electron chi connectivity index (χ3n) is 1.93. The van der Waals surface area contributed by atoms with Gasteiger partial charge in [-0.2, -0.15) is 0 Å². The lowest BCUT2D eigenvalue weighted by molar-refractivity contribution is 0.0695. The lowest BCUT2D eigenvalue weighted by Gasteiger charge is -2.03. The standard InChI is InChI=1S/C9H6O4S/c10-5-3-6-4(1-2-14-6)7(8(5)11)9(12)13/h1-3,10-11H,(H,12,13). The minimum atomic E-state index is -1.25. The number of benzene rings is 1. The molecule has 2 aromatic rings. The average Bonchev–Trinajstić information content (AvgIpc) is 2.52. The fraction of sp³-hybridized carbons (Fsp3) is 0. The number of aromatic carboxylic acids is 1. The van der Waals surface area contributed by atoms with Crippen LogP contribution in [-0.4, -0.2) is 21.3 Å². The molecule has 0 unspecified atom stereocenters. The second-order valence-corrected chi connectivity index (χ2v) is 3.70. The topological polar surface area (TPSA) is 77.8 Å². The second-order valence-electron chi connectivity index (χ2n) is 2.76. The summed E-state index contributed by atoms with van der Waals surface area (Å²) in [6.07, 6.45) is 0. The zero-order chi connectivity index (χ0) is 10.3. The lowest BCUT2D eigenvalue weighted by Crippen LogP contribution is -1.97. The van der Waals surface area contributed by atoms with E-state index in [0.717, 1.165) is 0 Å². The fourth-order valence-electron chi connectivity index (χ4n) is 1.30. The number of thiophene rings is 1. The highest BCUT2D eigenvalue weighted by atomic mass is 32.1. The van der Waals surface area contributed by atoms with Crippen molar-refractivity contribution in [1.29, 1.82) is 0 Å². The zero-order valence-electron chi connectivity index (χ0n) is 6.89. The molecule has 3 N–H and O–H groups in total.